The lowest BCUT2D eigenvalue weighted by atomic mass is 10.1. The third kappa shape index (κ3) is 2.67. The Morgan fingerprint density at radius 2 is 2.06 bits per heavy atom. The second-order valence-electron chi connectivity index (χ2n) is 3.00. The van der Waals surface area contributed by atoms with Crippen LogP contribution in [0.3, 0.4) is 0 Å². The summed E-state index contributed by atoms with van der Waals surface area (Å²) in [6.07, 6.45) is -2.41. The minimum absolute atomic E-state index is 0.190. The van der Waals surface area contributed by atoms with E-state index in [1.807, 2.05) is 0 Å². The van der Waals surface area contributed by atoms with E-state index in [1.54, 1.807) is 0 Å². The van der Waals surface area contributed by atoms with Crippen LogP contribution in [-0.2, 0) is 9.05 Å². The molecule has 1 aromatic rings. The summed E-state index contributed by atoms with van der Waals surface area (Å²) >= 11 is 0. The molecule has 0 spiro atoms. The molecular formula is C7H5ClF2N2O4S. The predicted molar refractivity (Wildman–Crippen MR) is 53.6 cm³/mol. The number of hydrogen-bond donors (Lipinski definition) is 0. The quantitative estimate of drug-likeness (QED) is 0.482. The molecule has 0 bridgehead atoms. The zero-order valence-electron chi connectivity index (χ0n) is 8.22. The van der Waals surface area contributed by atoms with E-state index in [0.717, 1.165) is 13.1 Å². The van der Waals surface area contributed by atoms with E-state index in [-0.39, 0.29) is 5.56 Å². The fourth-order valence-electron chi connectivity index (χ4n) is 1.23. The first-order valence-corrected chi connectivity index (χ1v) is 6.34. The first-order valence-electron chi connectivity index (χ1n) is 4.03. The van der Waals surface area contributed by atoms with Crippen molar-refractivity contribution < 1.29 is 22.1 Å². The molecule has 1 rings (SSSR count). The third-order valence-electron chi connectivity index (χ3n) is 1.89. The van der Waals surface area contributed by atoms with Gasteiger partial charge < -0.3 is 10.1 Å². The Morgan fingerprint density at radius 1 is 1.53 bits per heavy atom. The highest BCUT2D eigenvalue weighted by Gasteiger charge is 2.34. The molecule has 94 valence electrons. The van der Waals surface area contributed by atoms with Crippen LogP contribution in [0.25, 0.3) is 0 Å². The van der Waals surface area contributed by atoms with Crippen molar-refractivity contribution in [3.63, 3.8) is 0 Å². The molecule has 0 saturated carbocycles. The molecule has 1 heterocycles. The summed E-state index contributed by atoms with van der Waals surface area (Å²) in [6.45, 7) is 1.16. The third-order valence-corrected chi connectivity index (χ3v) is 3.24. The van der Waals surface area contributed by atoms with Gasteiger partial charge in [0.15, 0.2) is 4.90 Å². The van der Waals surface area contributed by atoms with Gasteiger partial charge in [-0.15, -0.1) is 0 Å². The zero-order chi connectivity index (χ0) is 13.4. The SMILES string of the molecule is Cc1cnc([N+](=O)[O-])c(S(=O)(=O)Cl)c1C(F)F. The van der Waals surface area contributed by atoms with Crippen LogP contribution in [0, 0.1) is 17.0 Å². The molecule has 0 radical (unpaired) electrons. The summed E-state index contributed by atoms with van der Waals surface area (Å²) in [7, 11) is 0.235. The van der Waals surface area contributed by atoms with Crippen LogP contribution < -0.4 is 0 Å². The normalized spacial score (nSPS) is 11.8. The van der Waals surface area contributed by atoms with E-state index in [2.05, 4.69) is 4.98 Å². The van der Waals surface area contributed by atoms with E-state index in [1.165, 1.54) is 0 Å². The summed E-state index contributed by atoms with van der Waals surface area (Å²) in [4.78, 5) is 11.3. The highest BCUT2D eigenvalue weighted by atomic mass is 35.7. The van der Waals surface area contributed by atoms with E-state index in [9.17, 15) is 27.3 Å². The summed E-state index contributed by atoms with van der Waals surface area (Å²) in [5.41, 5.74) is -1.19. The largest absolute Gasteiger partial charge is 0.384 e. The second kappa shape index (κ2) is 4.49. The smallest absolute Gasteiger partial charge is 0.358 e. The molecule has 0 saturated heterocycles. The van der Waals surface area contributed by atoms with Gasteiger partial charge in [0, 0.05) is 16.2 Å². The van der Waals surface area contributed by atoms with Crippen molar-refractivity contribution in [3.05, 3.63) is 27.4 Å². The van der Waals surface area contributed by atoms with Gasteiger partial charge in [0.1, 0.15) is 6.20 Å². The van der Waals surface area contributed by atoms with Gasteiger partial charge in [-0.05, 0) is 16.8 Å². The van der Waals surface area contributed by atoms with Crippen LogP contribution in [0.5, 0.6) is 0 Å². The number of nitrogens with zero attached hydrogens (tertiary/aromatic N) is 2. The number of rotatable bonds is 3. The van der Waals surface area contributed by atoms with Gasteiger partial charge in [-0.3, -0.25) is 0 Å². The Hall–Kier alpha value is -1.35. The van der Waals surface area contributed by atoms with Crippen LogP contribution in [0.1, 0.15) is 17.6 Å². The molecule has 0 aliphatic heterocycles. The molecule has 6 nitrogen and oxygen atoms in total. The molecule has 0 aromatic carbocycles. The van der Waals surface area contributed by atoms with Crippen molar-refractivity contribution in [3.8, 4) is 0 Å². The van der Waals surface area contributed by atoms with Crippen molar-refractivity contribution in [1.29, 1.82) is 0 Å². The lowest BCUT2D eigenvalue weighted by Crippen LogP contribution is -2.08. The molecule has 0 aliphatic carbocycles. The van der Waals surface area contributed by atoms with Crippen LogP contribution in [0.15, 0.2) is 11.1 Å². The van der Waals surface area contributed by atoms with Crippen LogP contribution >= 0.6 is 10.7 Å². The lowest BCUT2D eigenvalue weighted by Gasteiger charge is -2.08. The first-order chi connectivity index (χ1) is 7.66. The maximum atomic E-state index is 12.7. The Balaban J connectivity index is 3.82. The number of halogens is 3. The minimum atomic E-state index is -4.69. The summed E-state index contributed by atoms with van der Waals surface area (Å²) < 4.78 is 47.6. The van der Waals surface area contributed by atoms with Crippen molar-refractivity contribution >= 4 is 25.6 Å². The molecule has 0 fully saturated rings. The fourth-order valence-corrected chi connectivity index (χ4v) is 2.54. The van der Waals surface area contributed by atoms with Gasteiger partial charge in [-0.2, -0.15) is 0 Å². The monoisotopic (exact) mass is 286 g/mol. The Bertz CT molecular complexity index is 575. The number of hydrogen-bond acceptors (Lipinski definition) is 5. The minimum Gasteiger partial charge on any atom is -0.358 e. The second-order valence-corrected chi connectivity index (χ2v) is 5.51. The van der Waals surface area contributed by atoms with Crippen LogP contribution in [0.2, 0.25) is 0 Å². The van der Waals surface area contributed by atoms with E-state index in [0.29, 0.717) is 0 Å². The number of nitro groups is 1. The van der Waals surface area contributed by atoms with Gasteiger partial charge in [-0.1, -0.05) is 0 Å². The number of alkyl halides is 2. The van der Waals surface area contributed by atoms with Crippen molar-refractivity contribution in [2.24, 2.45) is 0 Å². The van der Waals surface area contributed by atoms with Gasteiger partial charge in [0.2, 0.25) is 0 Å². The zero-order valence-corrected chi connectivity index (χ0v) is 9.80. The van der Waals surface area contributed by atoms with Gasteiger partial charge in [0.05, 0.1) is 5.56 Å². The Kier molecular flexibility index (Phi) is 3.62. The highest BCUT2D eigenvalue weighted by molar-refractivity contribution is 8.13. The maximum absolute atomic E-state index is 12.7. The molecule has 10 heteroatoms. The Labute approximate surface area is 98.8 Å². The highest BCUT2D eigenvalue weighted by Crippen LogP contribution is 2.36. The molecular weight excluding hydrogens is 282 g/mol. The average molecular weight is 287 g/mol. The molecule has 0 amide bonds. The standard InChI is InChI=1S/C7H5ClF2N2O4S/c1-3-2-11-7(12(13)14)5(17(8,15)16)4(3)6(9)10/h2,6H,1H3. The molecule has 0 unspecified atom stereocenters. The van der Waals surface area contributed by atoms with Gasteiger partial charge >= 0.3 is 5.82 Å². The maximum Gasteiger partial charge on any atom is 0.384 e. The fraction of sp³-hybridized carbons (Fsp3) is 0.286. The summed E-state index contributed by atoms with van der Waals surface area (Å²) in [5, 5.41) is 10.5. The molecule has 0 N–H and O–H groups in total. The number of pyridine rings is 1. The molecule has 1 aromatic heterocycles. The summed E-state index contributed by atoms with van der Waals surface area (Å²) in [5.74, 6) is -1.21. The lowest BCUT2D eigenvalue weighted by molar-refractivity contribution is -0.392. The van der Waals surface area contributed by atoms with E-state index >= 15 is 0 Å². The van der Waals surface area contributed by atoms with Crippen LogP contribution in [-0.4, -0.2) is 18.3 Å². The molecule has 0 atom stereocenters. The van der Waals surface area contributed by atoms with Crippen LogP contribution in [0.4, 0.5) is 14.6 Å². The first kappa shape index (κ1) is 13.7. The van der Waals surface area contributed by atoms with E-state index < -0.39 is 36.7 Å². The summed E-state index contributed by atoms with van der Waals surface area (Å²) in [6, 6.07) is 0. The number of aromatic nitrogens is 1. The topological polar surface area (TPSA) is 90.2 Å². The van der Waals surface area contributed by atoms with Crippen molar-refractivity contribution in [1.82, 2.24) is 4.98 Å². The average Bonchev–Trinajstić information content (AvgIpc) is 2.14. The molecule has 0 aliphatic rings. The van der Waals surface area contributed by atoms with Gasteiger partial charge in [-0.25, -0.2) is 17.2 Å². The van der Waals surface area contributed by atoms with Gasteiger partial charge in [0.25, 0.3) is 15.5 Å². The number of aryl methyl sites for hydroxylation is 1. The van der Waals surface area contributed by atoms with Crippen molar-refractivity contribution in [2.75, 3.05) is 0 Å². The molecule has 17 heavy (non-hydrogen) atoms. The van der Waals surface area contributed by atoms with Crippen molar-refractivity contribution in [2.45, 2.75) is 18.2 Å². The van der Waals surface area contributed by atoms with E-state index in [4.69, 9.17) is 10.7 Å². The Morgan fingerprint density at radius 3 is 2.41 bits per heavy atom. The predicted octanol–water partition coefficient (Wildman–Crippen LogP) is 2.16.